The molecule has 3 N–H and O–H groups in total. The number of nitrogens with zero attached hydrogens (tertiary/aromatic N) is 2. The van der Waals surface area contributed by atoms with Gasteiger partial charge >= 0.3 is 86.7 Å². The summed E-state index contributed by atoms with van der Waals surface area (Å²) in [4.78, 5) is 4.38. The summed E-state index contributed by atoms with van der Waals surface area (Å²) in [6.45, 7) is 0. The van der Waals surface area contributed by atoms with Gasteiger partial charge in [0.15, 0.2) is 0 Å². The molecule has 0 aliphatic heterocycles. The molecular weight excluding hydrogens is 431 g/mol. The number of hydrogen-bond acceptors (Lipinski definition) is 2. The smallest absolute Gasteiger partial charge is 0.00388 e. The molecule has 0 radical (unpaired) electrons. The van der Waals surface area contributed by atoms with Crippen LogP contribution in [0.25, 0.3) is 11.4 Å². The Balaban J connectivity index is 0.000000178. The van der Waals surface area contributed by atoms with E-state index in [1.807, 2.05) is 42.1 Å². The van der Waals surface area contributed by atoms with Crippen LogP contribution in [-0.2, 0) is 26.4 Å². The van der Waals surface area contributed by atoms with E-state index in [1.165, 1.54) is 32.1 Å². The first-order chi connectivity index (χ1) is 9.66. The van der Waals surface area contributed by atoms with Gasteiger partial charge in [-0.15, -0.1) is 0 Å². The van der Waals surface area contributed by atoms with Crippen LogP contribution in [0.5, 0.6) is 0 Å². The van der Waals surface area contributed by atoms with Crippen molar-refractivity contribution in [3.8, 4) is 11.4 Å². The van der Waals surface area contributed by atoms with Crippen molar-refractivity contribution in [2.75, 3.05) is 0 Å². The summed E-state index contributed by atoms with van der Waals surface area (Å²) in [5, 5.41) is 3.16. The van der Waals surface area contributed by atoms with Gasteiger partial charge in [-0.1, -0.05) is 19.3 Å². The molecule has 1 aliphatic carbocycles. The van der Waals surface area contributed by atoms with Crippen molar-refractivity contribution in [3.05, 3.63) is 34.1 Å². The molecule has 5 heteroatoms. The standard InChI is InChI=1S/C9H9N3.C6H13N.Pt/c1-12-7-10-9(11-12)8-5-3-2-4-6-8;7-6-4-2-1-3-5-6;/h2-6H,1H3,(H,10,11);6H,1-5,7H2;. The average molecular weight is 453 g/mol. The van der Waals surface area contributed by atoms with Gasteiger partial charge in [0.05, 0.1) is 0 Å². The van der Waals surface area contributed by atoms with Crippen LogP contribution in [0.4, 0.5) is 0 Å². The van der Waals surface area contributed by atoms with E-state index >= 15 is 0 Å². The Kier molecular flexibility index (Phi) is 5.93. The van der Waals surface area contributed by atoms with E-state index in [-0.39, 0.29) is 0 Å². The second-order valence-corrected chi connectivity index (χ2v) is 6.15. The van der Waals surface area contributed by atoms with E-state index in [0.717, 1.165) is 15.2 Å². The van der Waals surface area contributed by atoms with E-state index in [9.17, 15) is 0 Å². The van der Waals surface area contributed by atoms with Gasteiger partial charge in [0.25, 0.3) is 0 Å². The Hall–Kier alpha value is -0.992. The fraction of sp³-hybridized carbons (Fsp3) is 0.467. The van der Waals surface area contributed by atoms with Gasteiger partial charge in [-0.3, -0.25) is 0 Å². The van der Waals surface area contributed by atoms with Gasteiger partial charge in [-0.05, 0) is 12.8 Å². The maximum atomic E-state index is 5.63. The predicted octanol–water partition coefficient (Wildman–Crippen LogP) is 2.77. The second-order valence-electron chi connectivity index (χ2n) is 5.14. The number of aromatic nitrogens is 3. The van der Waals surface area contributed by atoms with Crippen molar-refractivity contribution in [3.63, 3.8) is 0 Å². The summed E-state index contributed by atoms with van der Waals surface area (Å²) < 4.78 is 2.85. The second kappa shape index (κ2) is 7.70. The molecular formula is C15H22N4Pt. The summed E-state index contributed by atoms with van der Waals surface area (Å²) in [6.07, 6.45) is 6.66. The van der Waals surface area contributed by atoms with E-state index in [1.54, 1.807) is 0 Å². The van der Waals surface area contributed by atoms with Crippen LogP contribution in [0.1, 0.15) is 32.1 Å². The molecule has 1 heterocycles. The molecule has 4 nitrogen and oxygen atoms in total. The molecule has 0 unspecified atom stereocenters. The Morgan fingerprint density at radius 2 is 1.85 bits per heavy atom. The minimum absolute atomic E-state index is 0.536. The number of hydrogen-bond donors (Lipinski definition) is 2. The number of aryl methyl sites for hydroxylation is 1. The summed E-state index contributed by atoms with van der Waals surface area (Å²) in [6, 6.07) is 10.6. The summed E-state index contributed by atoms with van der Waals surface area (Å²) in [5.41, 5.74) is 6.75. The predicted molar refractivity (Wildman–Crippen MR) is 77.3 cm³/mol. The Labute approximate surface area is 130 Å². The van der Waals surface area contributed by atoms with Crippen LogP contribution in [0.2, 0.25) is 0 Å². The number of nitrogens with two attached hydrogens (primary N) is 1. The summed E-state index contributed by atoms with van der Waals surface area (Å²) in [5.74, 6) is 0.910. The third kappa shape index (κ3) is 4.53. The normalized spacial score (nSPS) is 15.6. The Morgan fingerprint density at radius 3 is 2.30 bits per heavy atom. The third-order valence-electron chi connectivity index (χ3n) is 3.42. The van der Waals surface area contributed by atoms with Crippen LogP contribution in [0.15, 0.2) is 30.3 Å². The Morgan fingerprint density at radius 1 is 1.20 bits per heavy atom. The summed E-state index contributed by atoms with van der Waals surface area (Å²) in [7, 11) is 1.95. The van der Waals surface area contributed by atoms with Crippen molar-refractivity contribution in [1.29, 1.82) is 0 Å². The molecule has 1 saturated carbocycles. The van der Waals surface area contributed by atoms with Gasteiger partial charge in [0.1, 0.15) is 0 Å². The first-order valence-corrected chi connectivity index (χ1v) is 8.20. The first-order valence-electron chi connectivity index (χ1n) is 7.06. The van der Waals surface area contributed by atoms with Crippen LogP contribution < -0.4 is 5.73 Å². The fourth-order valence-corrected chi connectivity index (χ4v) is 2.63. The van der Waals surface area contributed by atoms with Crippen LogP contribution in [-0.4, -0.2) is 20.8 Å². The van der Waals surface area contributed by atoms with Crippen LogP contribution >= 0.6 is 0 Å². The SMILES string of the molecule is Cn1[nH]c(-c2ccccc2)n[c]1=[Pt].NC1CCCCC1. The molecule has 112 valence electrons. The van der Waals surface area contributed by atoms with E-state index < -0.39 is 0 Å². The van der Waals surface area contributed by atoms with Gasteiger partial charge in [0.2, 0.25) is 0 Å². The number of H-pyrrole nitrogens is 1. The van der Waals surface area contributed by atoms with Gasteiger partial charge < -0.3 is 5.73 Å². The molecule has 0 spiro atoms. The molecule has 1 fully saturated rings. The quantitative estimate of drug-likeness (QED) is 0.698. The maximum absolute atomic E-state index is 5.63. The number of benzene rings is 1. The van der Waals surface area contributed by atoms with Gasteiger partial charge in [-0.2, -0.15) is 0 Å². The molecule has 20 heavy (non-hydrogen) atoms. The van der Waals surface area contributed by atoms with Crippen molar-refractivity contribution in [2.24, 2.45) is 12.8 Å². The number of rotatable bonds is 1. The van der Waals surface area contributed by atoms with E-state index in [2.05, 4.69) is 29.4 Å². The molecule has 2 aromatic rings. The Bertz CT molecular complexity index is 567. The molecule has 1 aromatic carbocycles. The van der Waals surface area contributed by atoms with Crippen molar-refractivity contribution in [1.82, 2.24) is 14.8 Å². The molecule has 0 amide bonds. The minimum Gasteiger partial charge on any atom is -0.328 e. The molecule has 0 bridgehead atoms. The van der Waals surface area contributed by atoms with E-state index in [4.69, 9.17) is 5.73 Å². The number of aromatic amines is 1. The zero-order valence-electron chi connectivity index (χ0n) is 11.8. The monoisotopic (exact) mass is 453 g/mol. The average Bonchev–Trinajstić information content (AvgIpc) is 2.81. The summed E-state index contributed by atoms with van der Waals surface area (Å²) >= 11 is 2.18. The molecule has 1 aliphatic rings. The zero-order chi connectivity index (χ0) is 14.4. The van der Waals surface area contributed by atoms with E-state index in [0.29, 0.717) is 6.04 Å². The zero-order valence-corrected chi connectivity index (χ0v) is 14.1. The van der Waals surface area contributed by atoms with Crippen molar-refractivity contribution in [2.45, 2.75) is 38.1 Å². The molecule has 0 saturated heterocycles. The maximum Gasteiger partial charge on any atom is 0.00388 e. The largest absolute Gasteiger partial charge is 0.328 e. The first kappa shape index (κ1) is 15.4. The van der Waals surface area contributed by atoms with Crippen LogP contribution in [0, 0.1) is 3.80 Å². The van der Waals surface area contributed by atoms with Gasteiger partial charge in [0, 0.05) is 6.04 Å². The van der Waals surface area contributed by atoms with Crippen molar-refractivity contribution >= 4 is 0 Å². The molecule has 1 aromatic heterocycles. The number of nitrogens with one attached hydrogen (secondary N) is 1. The minimum atomic E-state index is 0.536. The molecule has 3 rings (SSSR count). The van der Waals surface area contributed by atoms with Gasteiger partial charge in [-0.25, -0.2) is 0 Å². The molecule has 0 atom stereocenters. The van der Waals surface area contributed by atoms with Crippen molar-refractivity contribution < 1.29 is 19.4 Å². The fourth-order valence-electron chi connectivity index (χ4n) is 2.25. The van der Waals surface area contributed by atoms with Crippen LogP contribution in [0.3, 0.4) is 0 Å². The topological polar surface area (TPSA) is 59.6 Å². The third-order valence-corrected chi connectivity index (χ3v) is 4.44.